The van der Waals surface area contributed by atoms with E-state index in [0.717, 1.165) is 25.7 Å². The van der Waals surface area contributed by atoms with Crippen LogP contribution in [0, 0.1) is 0 Å². The summed E-state index contributed by atoms with van der Waals surface area (Å²) < 4.78 is 0.109. The van der Waals surface area contributed by atoms with Crippen molar-refractivity contribution in [2.24, 2.45) is 0 Å². The molecular formula is C54H48Cl2HfSi. The van der Waals surface area contributed by atoms with Crippen molar-refractivity contribution in [1.29, 1.82) is 0 Å². The molecule has 0 fully saturated rings. The first-order valence-corrected chi connectivity index (χ1v) is 42.0. The molecule has 0 nitrogen and oxygen atoms in total. The predicted octanol–water partition coefficient (Wildman–Crippen LogP) is 17.1. The van der Waals surface area contributed by atoms with Gasteiger partial charge in [-0.25, -0.2) is 0 Å². The third-order valence-electron chi connectivity index (χ3n) is 13.5. The third-order valence-corrected chi connectivity index (χ3v) is 79.0. The molecule has 0 heterocycles. The predicted molar refractivity (Wildman–Crippen MR) is 254 cm³/mol. The molecule has 0 aliphatic heterocycles. The van der Waals surface area contributed by atoms with Crippen molar-refractivity contribution >= 4 is 77.9 Å². The number of allylic oxidation sites excluding steroid dienone is 2. The van der Waals surface area contributed by atoms with E-state index < -0.39 is 20.3 Å². The molecule has 8 aromatic carbocycles. The molecule has 0 bridgehead atoms. The maximum atomic E-state index is 8.92. The van der Waals surface area contributed by atoms with E-state index >= 15 is 0 Å². The molecule has 286 valence electrons. The molecule has 10 rings (SSSR count). The molecule has 0 saturated carbocycles. The van der Waals surface area contributed by atoms with Gasteiger partial charge >= 0.3 is 354 Å². The van der Waals surface area contributed by atoms with Gasteiger partial charge in [0.1, 0.15) is 0 Å². The molecule has 0 aromatic heterocycles. The molecule has 0 N–H and O–H groups in total. The van der Waals surface area contributed by atoms with E-state index in [4.69, 9.17) is 17.2 Å². The fraction of sp³-hybridized carbons (Fsp3) is 0.185. The van der Waals surface area contributed by atoms with E-state index in [-0.39, 0.29) is 7.35 Å². The average molecular weight is 974 g/mol. The quantitative estimate of drug-likeness (QED) is 0.105. The van der Waals surface area contributed by atoms with Gasteiger partial charge in [0.15, 0.2) is 0 Å². The second-order valence-electron chi connectivity index (χ2n) is 16.9. The van der Waals surface area contributed by atoms with Crippen LogP contribution in [0.2, 0.25) is 13.1 Å². The van der Waals surface area contributed by atoms with Gasteiger partial charge in [-0.15, -0.1) is 0 Å². The van der Waals surface area contributed by atoms with Gasteiger partial charge in [0.25, 0.3) is 0 Å². The van der Waals surface area contributed by atoms with Crippen molar-refractivity contribution in [1.82, 2.24) is 0 Å². The molecule has 2 atom stereocenters. The normalized spacial score (nSPS) is 16.5. The molecule has 4 heteroatoms. The Morgan fingerprint density at radius 1 is 0.431 bits per heavy atom. The zero-order chi connectivity index (χ0) is 39.8. The molecule has 58 heavy (non-hydrogen) atoms. The van der Waals surface area contributed by atoms with Crippen molar-refractivity contribution in [3.63, 3.8) is 0 Å². The van der Waals surface area contributed by atoms with Crippen LogP contribution < -0.4 is 0 Å². The molecule has 0 radical (unpaired) electrons. The molecular weight excluding hydrogens is 926 g/mol. The average Bonchev–Trinajstić information content (AvgIpc) is 3.83. The minimum absolute atomic E-state index is 0.0544. The van der Waals surface area contributed by atoms with Crippen LogP contribution in [-0.4, -0.2) is 5.49 Å². The standard InChI is InChI=1S/2C26H21.C2H6Si.2ClH.Hf/c2*1-2-7-18-16-20-9-5-11-24(26(20)17-18)23-13-6-12-22-21-10-4-3-8-19(21)14-15-25(22)23;1-3-2;;;/h2*3-6,8-17H,2,7H2,1H3;1-2H3;2*1H;/q;;;;;+2/p-2. The van der Waals surface area contributed by atoms with Gasteiger partial charge in [0.05, 0.1) is 0 Å². The summed E-state index contributed by atoms with van der Waals surface area (Å²) in [7, 11) is 17.8. The van der Waals surface area contributed by atoms with E-state index in [2.05, 4.69) is 185 Å². The fourth-order valence-electron chi connectivity index (χ4n) is 11.0. The first kappa shape index (κ1) is 38.2. The molecule has 0 amide bonds. The maximum absolute atomic E-state index is 8.92. The summed E-state index contributed by atoms with van der Waals surface area (Å²) in [6.45, 7) is 9.51. The van der Waals surface area contributed by atoms with E-state index in [1.54, 1.807) is 0 Å². The Hall–Kier alpha value is -4.05. The van der Waals surface area contributed by atoms with Crippen LogP contribution in [0.1, 0.15) is 69.1 Å². The van der Waals surface area contributed by atoms with Gasteiger partial charge in [0.2, 0.25) is 0 Å². The van der Waals surface area contributed by atoms with Crippen molar-refractivity contribution in [2.75, 3.05) is 0 Å². The van der Waals surface area contributed by atoms with Crippen LogP contribution in [0.15, 0.2) is 157 Å². The molecule has 0 saturated heterocycles. The zero-order valence-corrected chi connectivity index (χ0v) is 39.9. The van der Waals surface area contributed by atoms with Crippen LogP contribution in [0.3, 0.4) is 0 Å². The summed E-state index contributed by atoms with van der Waals surface area (Å²) in [4.78, 5) is 0. The van der Waals surface area contributed by atoms with Crippen molar-refractivity contribution < 1.29 is 14.8 Å². The van der Waals surface area contributed by atoms with E-state index in [9.17, 15) is 0 Å². The third kappa shape index (κ3) is 5.69. The molecule has 0 spiro atoms. The molecule has 2 unspecified atom stereocenters. The number of halogens is 2. The SMILES string of the molecule is CCCC1=Cc2c(-c3cccc4c3ccc3ccccc34)cccc2[CH]1[Hf]([Cl])([Cl])([CH]1C(CCC)=Cc2c(-c3cccc4c3ccc3ccccc34)cccc21)=[Si](C)C. The van der Waals surface area contributed by atoms with Gasteiger partial charge in [-0.1, -0.05) is 0 Å². The number of benzene rings is 8. The second kappa shape index (κ2) is 14.6. The van der Waals surface area contributed by atoms with Gasteiger partial charge in [0, 0.05) is 0 Å². The Labute approximate surface area is 351 Å². The summed E-state index contributed by atoms with van der Waals surface area (Å²) in [6.07, 6.45) is 9.16. The number of hydrogen-bond acceptors (Lipinski definition) is 0. The van der Waals surface area contributed by atoms with Crippen molar-refractivity contribution in [3.05, 3.63) is 179 Å². The van der Waals surface area contributed by atoms with Crippen LogP contribution in [0.25, 0.3) is 77.5 Å². The number of rotatable bonds is 8. The Balaban J connectivity index is 1.19. The molecule has 2 aliphatic rings. The van der Waals surface area contributed by atoms with E-state index in [1.165, 1.54) is 98.7 Å². The summed E-state index contributed by atoms with van der Waals surface area (Å²) >= 11 is -5.20. The molecule has 8 aromatic rings. The van der Waals surface area contributed by atoms with Gasteiger partial charge < -0.3 is 0 Å². The minimum atomic E-state index is -5.20. The first-order valence-electron chi connectivity index (χ1n) is 21.1. The Bertz CT molecular complexity index is 2940. The topological polar surface area (TPSA) is 0 Å². The Morgan fingerprint density at radius 3 is 1.26 bits per heavy atom. The molecule has 2 aliphatic carbocycles. The summed E-state index contributed by atoms with van der Waals surface area (Å²) in [5.74, 6) is 0. The van der Waals surface area contributed by atoms with Gasteiger partial charge in [-0.05, 0) is 0 Å². The van der Waals surface area contributed by atoms with E-state index in [0.29, 0.717) is 0 Å². The zero-order valence-electron chi connectivity index (χ0n) is 33.8. The monoisotopic (exact) mass is 974 g/mol. The summed E-state index contributed by atoms with van der Waals surface area (Å²) in [5, 5.41) is 10.3. The summed E-state index contributed by atoms with van der Waals surface area (Å²) in [6, 6.07) is 54.3. The summed E-state index contributed by atoms with van der Waals surface area (Å²) in [5.41, 5.74) is 12.1. The van der Waals surface area contributed by atoms with Crippen LogP contribution in [0.4, 0.5) is 0 Å². The Morgan fingerprint density at radius 2 is 0.828 bits per heavy atom. The fourth-order valence-corrected chi connectivity index (χ4v) is 52.2. The number of hydrogen-bond donors (Lipinski definition) is 0. The second-order valence-corrected chi connectivity index (χ2v) is 71.1. The van der Waals surface area contributed by atoms with Crippen molar-refractivity contribution in [3.8, 4) is 22.3 Å². The first-order chi connectivity index (χ1) is 28.2. The van der Waals surface area contributed by atoms with Gasteiger partial charge in [-0.2, -0.15) is 0 Å². The van der Waals surface area contributed by atoms with E-state index in [1.807, 2.05) is 0 Å². The van der Waals surface area contributed by atoms with Crippen LogP contribution >= 0.6 is 17.2 Å². The van der Waals surface area contributed by atoms with Crippen molar-refractivity contribution in [2.45, 2.75) is 60.0 Å². The van der Waals surface area contributed by atoms with Crippen LogP contribution in [0.5, 0.6) is 0 Å². The Kier molecular flexibility index (Phi) is 9.60. The number of fused-ring (bicyclic) bond motifs is 8. The van der Waals surface area contributed by atoms with Crippen LogP contribution in [-0.2, 0) is 14.8 Å². The van der Waals surface area contributed by atoms with Gasteiger partial charge in [-0.3, -0.25) is 0 Å².